The zero-order valence-corrected chi connectivity index (χ0v) is 18.4. The van der Waals surface area contributed by atoms with Crippen molar-refractivity contribution in [3.8, 4) is 0 Å². The molecule has 30 heavy (non-hydrogen) atoms. The van der Waals surface area contributed by atoms with Crippen LogP contribution in [0.25, 0.3) is 0 Å². The molecule has 1 aliphatic heterocycles. The van der Waals surface area contributed by atoms with E-state index in [1.807, 2.05) is 56.3 Å². The fourth-order valence-electron chi connectivity index (χ4n) is 3.73. The normalized spacial score (nSPS) is 15.6. The molecule has 2 aromatic rings. The van der Waals surface area contributed by atoms with Gasteiger partial charge in [-0.25, -0.2) is 0 Å². The van der Waals surface area contributed by atoms with Gasteiger partial charge in [0.15, 0.2) is 5.78 Å². The Balaban J connectivity index is 1.57. The third-order valence-corrected chi connectivity index (χ3v) is 5.76. The predicted octanol–water partition coefficient (Wildman–Crippen LogP) is 4.11. The molecule has 3 rings (SSSR count). The molecule has 1 N–H and O–H groups in total. The van der Waals surface area contributed by atoms with Gasteiger partial charge in [0.1, 0.15) is 0 Å². The summed E-state index contributed by atoms with van der Waals surface area (Å²) in [5.41, 5.74) is 3.80. The number of carbonyl (C=O) groups excluding carboxylic acids is 2. The number of ketones is 1. The predicted molar refractivity (Wildman–Crippen MR) is 119 cm³/mol. The zero-order valence-electron chi connectivity index (χ0n) is 17.6. The molecule has 1 fully saturated rings. The van der Waals surface area contributed by atoms with Gasteiger partial charge in [0, 0.05) is 43.1 Å². The molecule has 0 saturated carbocycles. The lowest BCUT2D eigenvalue weighted by Crippen LogP contribution is -2.43. The van der Waals surface area contributed by atoms with Gasteiger partial charge in [-0.3, -0.25) is 14.5 Å². The molecule has 1 unspecified atom stereocenters. The maximum absolute atomic E-state index is 12.5. The highest BCUT2D eigenvalue weighted by molar-refractivity contribution is 6.30. The van der Waals surface area contributed by atoms with Gasteiger partial charge in [0.2, 0.25) is 5.91 Å². The number of ether oxygens (including phenoxy) is 1. The Morgan fingerprint density at radius 1 is 1.07 bits per heavy atom. The van der Waals surface area contributed by atoms with Crippen LogP contribution in [0.4, 0.5) is 0 Å². The summed E-state index contributed by atoms with van der Waals surface area (Å²) < 4.78 is 5.47. The number of halogens is 1. The maximum Gasteiger partial charge on any atom is 0.220 e. The number of hydrogen-bond donors (Lipinski definition) is 1. The molecule has 160 valence electrons. The maximum atomic E-state index is 12.5. The number of nitrogens with zero attached hydrogens (tertiary/aromatic N) is 1. The van der Waals surface area contributed by atoms with Gasteiger partial charge in [-0.2, -0.15) is 0 Å². The smallest absolute Gasteiger partial charge is 0.220 e. The van der Waals surface area contributed by atoms with Crippen molar-refractivity contribution in [1.82, 2.24) is 10.2 Å². The molecule has 0 aromatic heterocycles. The molecule has 1 heterocycles. The molecule has 0 bridgehead atoms. The van der Waals surface area contributed by atoms with Crippen LogP contribution in [-0.4, -0.2) is 49.4 Å². The summed E-state index contributed by atoms with van der Waals surface area (Å²) in [6.45, 7) is 7.36. The van der Waals surface area contributed by atoms with Gasteiger partial charge in [0.25, 0.3) is 0 Å². The number of benzene rings is 2. The lowest BCUT2D eigenvalue weighted by Gasteiger charge is -2.35. The first-order valence-electron chi connectivity index (χ1n) is 10.4. The summed E-state index contributed by atoms with van der Waals surface area (Å²) in [5.74, 6) is -0.102. The second kappa shape index (κ2) is 10.7. The number of morpholine rings is 1. The lowest BCUT2D eigenvalue weighted by atomic mass is 9.99. The third kappa shape index (κ3) is 6.14. The number of carbonyl (C=O) groups is 2. The number of hydrogen-bond acceptors (Lipinski definition) is 4. The molecule has 5 nitrogen and oxygen atoms in total. The van der Waals surface area contributed by atoms with Crippen LogP contribution in [0.15, 0.2) is 42.5 Å². The van der Waals surface area contributed by atoms with Crippen molar-refractivity contribution in [2.45, 2.75) is 32.7 Å². The van der Waals surface area contributed by atoms with Crippen LogP contribution >= 0.6 is 11.6 Å². The third-order valence-electron chi connectivity index (χ3n) is 5.51. The van der Waals surface area contributed by atoms with Crippen LogP contribution < -0.4 is 5.32 Å². The molecule has 1 amide bonds. The Labute approximate surface area is 183 Å². The monoisotopic (exact) mass is 428 g/mol. The van der Waals surface area contributed by atoms with E-state index in [0.717, 1.165) is 29.8 Å². The SMILES string of the molecule is Cc1ccc(C)c(C(=O)CCC(=O)NCC(c2ccc(Cl)cc2)N2CCOCC2)c1. The molecular weight excluding hydrogens is 400 g/mol. The first kappa shape index (κ1) is 22.5. The second-order valence-electron chi connectivity index (χ2n) is 7.76. The first-order chi connectivity index (χ1) is 14.4. The van der Waals surface area contributed by atoms with Crippen molar-refractivity contribution in [2.24, 2.45) is 0 Å². The Morgan fingerprint density at radius 2 is 1.77 bits per heavy atom. The van der Waals surface area contributed by atoms with Crippen molar-refractivity contribution in [2.75, 3.05) is 32.8 Å². The van der Waals surface area contributed by atoms with Gasteiger partial charge >= 0.3 is 0 Å². The summed E-state index contributed by atoms with van der Waals surface area (Å²) in [4.78, 5) is 27.3. The van der Waals surface area contributed by atoms with Crippen LogP contribution in [0.2, 0.25) is 5.02 Å². The molecule has 6 heteroatoms. The number of Topliss-reactive ketones (excluding diaryl/α,β-unsaturated/α-hetero) is 1. The highest BCUT2D eigenvalue weighted by Crippen LogP contribution is 2.23. The topological polar surface area (TPSA) is 58.6 Å². The van der Waals surface area contributed by atoms with E-state index in [4.69, 9.17) is 16.3 Å². The molecule has 0 aliphatic carbocycles. The van der Waals surface area contributed by atoms with Crippen molar-refractivity contribution < 1.29 is 14.3 Å². The van der Waals surface area contributed by atoms with E-state index in [1.165, 1.54) is 0 Å². The largest absolute Gasteiger partial charge is 0.379 e. The highest BCUT2D eigenvalue weighted by Gasteiger charge is 2.23. The minimum atomic E-state index is -0.110. The van der Waals surface area contributed by atoms with E-state index in [2.05, 4.69) is 10.2 Å². The quantitative estimate of drug-likeness (QED) is 0.643. The number of nitrogens with one attached hydrogen (secondary N) is 1. The molecule has 1 saturated heterocycles. The number of rotatable bonds is 8. The molecule has 1 aliphatic rings. The summed E-state index contributed by atoms with van der Waals surface area (Å²) in [6.07, 6.45) is 0.391. The molecule has 0 spiro atoms. The van der Waals surface area contributed by atoms with E-state index in [9.17, 15) is 9.59 Å². The van der Waals surface area contributed by atoms with Crippen LogP contribution in [-0.2, 0) is 9.53 Å². The minimum Gasteiger partial charge on any atom is -0.379 e. The summed E-state index contributed by atoms with van der Waals surface area (Å²) in [5, 5.41) is 3.71. The average molecular weight is 429 g/mol. The number of amides is 1. The fourth-order valence-corrected chi connectivity index (χ4v) is 3.85. The van der Waals surface area contributed by atoms with E-state index >= 15 is 0 Å². The zero-order chi connectivity index (χ0) is 21.5. The standard InChI is InChI=1S/C24H29ClN2O3/c1-17-3-4-18(2)21(15-17)23(28)9-10-24(29)26-16-22(27-11-13-30-14-12-27)19-5-7-20(25)8-6-19/h3-8,15,22H,9-14,16H2,1-2H3,(H,26,29). The molecule has 2 aromatic carbocycles. The average Bonchev–Trinajstić information content (AvgIpc) is 2.76. The first-order valence-corrected chi connectivity index (χ1v) is 10.8. The van der Waals surface area contributed by atoms with Gasteiger partial charge in [-0.05, 0) is 43.2 Å². The van der Waals surface area contributed by atoms with E-state index in [-0.39, 0.29) is 30.6 Å². The van der Waals surface area contributed by atoms with E-state index in [1.54, 1.807) is 0 Å². The van der Waals surface area contributed by atoms with E-state index < -0.39 is 0 Å². The molecule has 1 atom stereocenters. The van der Waals surface area contributed by atoms with Crippen LogP contribution in [0, 0.1) is 13.8 Å². The van der Waals surface area contributed by atoms with Crippen molar-refractivity contribution >= 4 is 23.3 Å². The fraction of sp³-hybridized carbons (Fsp3) is 0.417. The van der Waals surface area contributed by atoms with Crippen molar-refractivity contribution in [1.29, 1.82) is 0 Å². The van der Waals surface area contributed by atoms with Crippen LogP contribution in [0.1, 0.15) is 45.9 Å². The van der Waals surface area contributed by atoms with Crippen LogP contribution in [0.5, 0.6) is 0 Å². The van der Waals surface area contributed by atoms with Crippen molar-refractivity contribution in [3.05, 3.63) is 69.7 Å². The van der Waals surface area contributed by atoms with Gasteiger partial charge < -0.3 is 10.1 Å². The molecule has 0 radical (unpaired) electrons. The second-order valence-corrected chi connectivity index (χ2v) is 8.20. The Hall–Kier alpha value is -2.21. The van der Waals surface area contributed by atoms with Gasteiger partial charge in [-0.1, -0.05) is 41.4 Å². The summed E-state index contributed by atoms with van der Waals surface area (Å²) in [6, 6.07) is 13.6. The van der Waals surface area contributed by atoms with E-state index in [0.29, 0.717) is 30.3 Å². The summed E-state index contributed by atoms with van der Waals surface area (Å²) in [7, 11) is 0. The van der Waals surface area contributed by atoms with Crippen molar-refractivity contribution in [3.63, 3.8) is 0 Å². The van der Waals surface area contributed by atoms with Gasteiger partial charge in [-0.15, -0.1) is 0 Å². The molecular formula is C24H29ClN2O3. The Kier molecular flexibility index (Phi) is 8.02. The Morgan fingerprint density at radius 3 is 2.47 bits per heavy atom. The van der Waals surface area contributed by atoms with Gasteiger partial charge in [0.05, 0.1) is 19.3 Å². The van der Waals surface area contributed by atoms with Crippen LogP contribution in [0.3, 0.4) is 0 Å². The lowest BCUT2D eigenvalue weighted by molar-refractivity contribution is -0.121. The Bertz CT molecular complexity index is 877. The summed E-state index contributed by atoms with van der Waals surface area (Å²) >= 11 is 6.04. The minimum absolute atomic E-state index is 0.00813. The highest BCUT2D eigenvalue weighted by atomic mass is 35.5. The number of aryl methyl sites for hydroxylation is 2.